The lowest BCUT2D eigenvalue weighted by molar-refractivity contribution is -0.123. The Balaban J connectivity index is 1.50. The summed E-state index contributed by atoms with van der Waals surface area (Å²) in [6.45, 7) is 1.92. The molecule has 0 unspecified atom stereocenters. The lowest BCUT2D eigenvalue weighted by Gasteiger charge is -2.04. The van der Waals surface area contributed by atoms with Crippen molar-refractivity contribution in [1.82, 2.24) is 15.2 Å². The fourth-order valence-corrected chi connectivity index (χ4v) is 3.46. The normalized spacial score (nSPS) is 10.9. The van der Waals surface area contributed by atoms with Crippen molar-refractivity contribution in [2.24, 2.45) is 5.10 Å². The van der Waals surface area contributed by atoms with Crippen molar-refractivity contribution in [1.29, 1.82) is 0 Å². The molecule has 4 aromatic rings. The highest BCUT2D eigenvalue weighted by Crippen LogP contribution is 2.23. The van der Waals surface area contributed by atoms with Crippen LogP contribution in [0.15, 0.2) is 90.2 Å². The van der Waals surface area contributed by atoms with E-state index >= 15 is 0 Å². The van der Waals surface area contributed by atoms with Crippen LogP contribution in [-0.2, 0) is 4.79 Å². The molecule has 3 aromatic carbocycles. The molecule has 0 atom stereocenters. The van der Waals surface area contributed by atoms with Gasteiger partial charge >= 0.3 is 0 Å². The molecule has 0 bridgehead atoms. The van der Waals surface area contributed by atoms with E-state index in [0.29, 0.717) is 5.75 Å². The Hall–Kier alpha value is -3.46. The first-order chi connectivity index (χ1) is 15.6. The van der Waals surface area contributed by atoms with Crippen LogP contribution >= 0.6 is 22.6 Å². The van der Waals surface area contributed by atoms with Crippen LogP contribution in [0.5, 0.6) is 5.75 Å². The SMILES string of the molecule is Cc1cccc(-c2nn(-c3ccccc3)cc2/C=N\NC(=O)COc2ccc(I)cc2)c1. The lowest BCUT2D eigenvalue weighted by Crippen LogP contribution is -2.24. The topological polar surface area (TPSA) is 68.5 Å². The predicted molar refractivity (Wildman–Crippen MR) is 134 cm³/mol. The maximum Gasteiger partial charge on any atom is 0.277 e. The van der Waals surface area contributed by atoms with Gasteiger partial charge in [0.25, 0.3) is 5.91 Å². The molecule has 160 valence electrons. The Bertz CT molecular complexity index is 1230. The predicted octanol–water partition coefficient (Wildman–Crippen LogP) is 4.98. The first-order valence-corrected chi connectivity index (χ1v) is 11.1. The Labute approximate surface area is 200 Å². The fourth-order valence-electron chi connectivity index (χ4n) is 3.10. The van der Waals surface area contributed by atoms with Crippen LogP contribution in [0.4, 0.5) is 0 Å². The summed E-state index contributed by atoms with van der Waals surface area (Å²) in [6.07, 6.45) is 3.50. The van der Waals surface area contributed by atoms with Crippen molar-refractivity contribution in [3.8, 4) is 22.7 Å². The molecule has 1 heterocycles. The number of carbonyl (C=O) groups is 1. The van der Waals surface area contributed by atoms with E-state index < -0.39 is 0 Å². The van der Waals surface area contributed by atoms with Crippen molar-refractivity contribution < 1.29 is 9.53 Å². The highest BCUT2D eigenvalue weighted by atomic mass is 127. The monoisotopic (exact) mass is 536 g/mol. The zero-order valence-electron chi connectivity index (χ0n) is 17.4. The maximum atomic E-state index is 12.1. The van der Waals surface area contributed by atoms with Gasteiger partial charge in [-0.15, -0.1) is 0 Å². The standard InChI is InChI=1S/C25H21IN4O2/c1-18-6-5-7-19(14-18)25-20(16-30(29-25)22-8-3-2-4-9-22)15-27-28-24(31)17-32-23-12-10-21(26)11-13-23/h2-16H,17H2,1H3,(H,28,31)/b27-15-. The van der Waals surface area contributed by atoms with Gasteiger partial charge in [-0.3, -0.25) is 4.79 Å². The molecule has 4 rings (SSSR count). The van der Waals surface area contributed by atoms with Gasteiger partial charge in [0.1, 0.15) is 11.4 Å². The van der Waals surface area contributed by atoms with Crippen LogP contribution in [0.2, 0.25) is 0 Å². The highest BCUT2D eigenvalue weighted by molar-refractivity contribution is 14.1. The van der Waals surface area contributed by atoms with Crippen LogP contribution in [0, 0.1) is 10.5 Å². The van der Waals surface area contributed by atoms with Gasteiger partial charge in [-0.1, -0.05) is 42.0 Å². The molecule has 0 radical (unpaired) electrons. The van der Waals surface area contributed by atoms with Gasteiger partial charge in [-0.05, 0) is 72.0 Å². The van der Waals surface area contributed by atoms with Crippen molar-refractivity contribution in [3.63, 3.8) is 0 Å². The molecule has 0 fully saturated rings. The van der Waals surface area contributed by atoms with Crippen molar-refractivity contribution in [3.05, 3.63) is 99.8 Å². The van der Waals surface area contributed by atoms with E-state index in [1.165, 1.54) is 0 Å². The van der Waals surface area contributed by atoms with Crippen molar-refractivity contribution in [2.45, 2.75) is 6.92 Å². The summed E-state index contributed by atoms with van der Waals surface area (Å²) >= 11 is 2.22. The average Bonchev–Trinajstić information content (AvgIpc) is 3.23. The van der Waals surface area contributed by atoms with Crippen molar-refractivity contribution >= 4 is 34.7 Å². The molecule has 0 aliphatic heterocycles. The first kappa shape index (κ1) is 21.8. The summed E-state index contributed by atoms with van der Waals surface area (Å²) in [5, 5.41) is 8.88. The van der Waals surface area contributed by atoms with Crippen molar-refractivity contribution in [2.75, 3.05) is 6.61 Å². The van der Waals surface area contributed by atoms with E-state index in [4.69, 9.17) is 9.84 Å². The largest absolute Gasteiger partial charge is 0.484 e. The highest BCUT2D eigenvalue weighted by Gasteiger charge is 2.11. The molecule has 1 N–H and O–H groups in total. The van der Waals surface area contributed by atoms with E-state index in [1.54, 1.807) is 10.9 Å². The second-order valence-electron chi connectivity index (χ2n) is 7.12. The zero-order valence-corrected chi connectivity index (χ0v) is 19.6. The van der Waals surface area contributed by atoms with E-state index in [1.807, 2.05) is 85.9 Å². The van der Waals surface area contributed by atoms with Crippen LogP contribution in [0.1, 0.15) is 11.1 Å². The molecule has 0 saturated heterocycles. The summed E-state index contributed by atoms with van der Waals surface area (Å²) in [5.74, 6) is 0.294. The lowest BCUT2D eigenvalue weighted by atomic mass is 10.1. The Morgan fingerprint density at radius 2 is 1.88 bits per heavy atom. The number of halogens is 1. The number of ether oxygens (including phenoxy) is 1. The van der Waals surface area contributed by atoms with Gasteiger partial charge in [0.05, 0.1) is 11.9 Å². The summed E-state index contributed by atoms with van der Waals surface area (Å²) in [5.41, 5.74) is 7.15. The Morgan fingerprint density at radius 3 is 2.62 bits per heavy atom. The number of para-hydroxylation sites is 1. The molecule has 0 spiro atoms. The summed E-state index contributed by atoms with van der Waals surface area (Å²) in [6, 6.07) is 25.5. The molecule has 0 aliphatic carbocycles. The van der Waals surface area contributed by atoms with Crippen LogP contribution in [0.25, 0.3) is 16.9 Å². The number of hydrogen-bond acceptors (Lipinski definition) is 4. The van der Waals surface area contributed by atoms with Gasteiger partial charge in [0.2, 0.25) is 0 Å². The Morgan fingerprint density at radius 1 is 1.09 bits per heavy atom. The van der Waals surface area contributed by atoms with Crippen LogP contribution in [0.3, 0.4) is 0 Å². The van der Waals surface area contributed by atoms with Crippen LogP contribution in [-0.4, -0.2) is 28.5 Å². The van der Waals surface area contributed by atoms with E-state index in [0.717, 1.165) is 31.6 Å². The second kappa shape index (κ2) is 10.2. The molecule has 0 aliphatic rings. The van der Waals surface area contributed by atoms with Gasteiger partial charge in [-0.2, -0.15) is 10.2 Å². The minimum absolute atomic E-state index is 0.119. The molecule has 0 saturated carbocycles. The smallest absolute Gasteiger partial charge is 0.277 e. The number of aryl methyl sites for hydroxylation is 1. The molecule has 32 heavy (non-hydrogen) atoms. The third-order valence-corrected chi connectivity index (χ3v) is 5.35. The van der Waals surface area contributed by atoms with Gasteiger partial charge in [-0.25, -0.2) is 10.1 Å². The first-order valence-electron chi connectivity index (χ1n) is 10.0. The fraction of sp³-hybridized carbons (Fsp3) is 0.0800. The summed E-state index contributed by atoms with van der Waals surface area (Å²) in [7, 11) is 0. The molecule has 1 amide bonds. The number of benzene rings is 3. The molecule has 6 nitrogen and oxygen atoms in total. The second-order valence-corrected chi connectivity index (χ2v) is 8.36. The number of hydrazone groups is 1. The quantitative estimate of drug-likeness (QED) is 0.206. The maximum absolute atomic E-state index is 12.1. The third-order valence-electron chi connectivity index (χ3n) is 4.63. The average molecular weight is 536 g/mol. The molecular weight excluding hydrogens is 515 g/mol. The summed E-state index contributed by atoms with van der Waals surface area (Å²) < 4.78 is 8.40. The van der Waals surface area contributed by atoms with Gasteiger partial charge < -0.3 is 4.74 Å². The van der Waals surface area contributed by atoms with Gasteiger partial charge in [0.15, 0.2) is 6.61 Å². The summed E-state index contributed by atoms with van der Waals surface area (Å²) in [4.78, 5) is 12.1. The Kier molecular flexibility index (Phi) is 6.96. The zero-order chi connectivity index (χ0) is 22.3. The number of nitrogens with one attached hydrogen (secondary N) is 1. The van der Waals surface area contributed by atoms with E-state index in [2.05, 4.69) is 39.2 Å². The molecule has 1 aromatic heterocycles. The number of hydrogen-bond donors (Lipinski definition) is 1. The van der Waals surface area contributed by atoms with Gasteiger partial charge in [0, 0.05) is 20.9 Å². The van der Waals surface area contributed by atoms with E-state index in [9.17, 15) is 4.79 Å². The molecular formula is C25H21IN4O2. The minimum atomic E-state index is -0.340. The number of carbonyl (C=O) groups excluding carboxylic acids is 1. The van der Waals surface area contributed by atoms with E-state index in [-0.39, 0.29) is 12.5 Å². The molecule has 7 heteroatoms. The number of aromatic nitrogens is 2. The number of nitrogens with zero attached hydrogens (tertiary/aromatic N) is 3. The van der Waals surface area contributed by atoms with Crippen LogP contribution < -0.4 is 10.2 Å². The third kappa shape index (κ3) is 5.61. The number of amides is 1. The number of rotatable bonds is 7. The minimum Gasteiger partial charge on any atom is -0.484 e.